The van der Waals surface area contributed by atoms with Crippen molar-refractivity contribution < 1.29 is 4.74 Å². The first-order valence-electron chi connectivity index (χ1n) is 11.3. The highest BCUT2D eigenvalue weighted by atomic mass is 32.1. The van der Waals surface area contributed by atoms with Crippen molar-refractivity contribution >= 4 is 33.9 Å². The molecule has 2 heterocycles. The maximum absolute atomic E-state index is 5.85. The summed E-state index contributed by atoms with van der Waals surface area (Å²) in [6, 6.07) is 18.5. The quantitative estimate of drug-likeness (QED) is 0.316. The maximum atomic E-state index is 5.85. The van der Waals surface area contributed by atoms with E-state index in [1.54, 1.807) is 0 Å². The average Bonchev–Trinajstić information content (AvgIpc) is 3.13. The van der Waals surface area contributed by atoms with Gasteiger partial charge in [-0.05, 0) is 99.1 Å². The topological polar surface area (TPSA) is 53.2 Å². The lowest BCUT2D eigenvalue weighted by Gasteiger charge is -2.26. The Balaban J connectivity index is 1.53. The standard InChI is InChI=1S/C27H30N4OS/c1-4-32-23-8-6-22(7-9-23)30-27(33)31(18-21-11-14-28-15-12-21)16-13-24-20(3)29-26-10-5-19(2)17-25(24)26/h5-12,14-15,17,29H,4,13,16,18H2,1-3H3,(H,30,33). The number of ether oxygens (including phenoxy) is 1. The smallest absolute Gasteiger partial charge is 0.173 e. The fourth-order valence-electron chi connectivity index (χ4n) is 4.03. The number of nitrogens with zero attached hydrogens (tertiary/aromatic N) is 2. The monoisotopic (exact) mass is 458 g/mol. The molecule has 5 nitrogen and oxygen atoms in total. The summed E-state index contributed by atoms with van der Waals surface area (Å²) in [5.74, 6) is 0.854. The Morgan fingerprint density at radius 3 is 2.55 bits per heavy atom. The van der Waals surface area contributed by atoms with Crippen LogP contribution in [0.1, 0.15) is 29.3 Å². The first kappa shape index (κ1) is 22.8. The molecule has 0 aliphatic rings. The number of anilines is 1. The third-order valence-corrected chi connectivity index (χ3v) is 6.09. The van der Waals surface area contributed by atoms with Gasteiger partial charge in [-0.25, -0.2) is 0 Å². The second-order valence-electron chi connectivity index (χ2n) is 8.19. The molecule has 0 aliphatic carbocycles. The van der Waals surface area contributed by atoms with Crippen molar-refractivity contribution in [2.75, 3.05) is 18.5 Å². The minimum Gasteiger partial charge on any atom is -0.494 e. The first-order valence-corrected chi connectivity index (χ1v) is 11.7. The average molecular weight is 459 g/mol. The molecule has 0 radical (unpaired) electrons. The van der Waals surface area contributed by atoms with Crippen LogP contribution in [0.5, 0.6) is 5.75 Å². The number of aryl methyl sites for hydroxylation is 2. The van der Waals surface area contributed by atoms with E-state index in [0.717, 1.165) is 24.4 Å². The molecule has 2 N–H and O–H groups in total. The van der Waals surface area contributed by atoms with Crippen molar-refractivity contribution in [3.05, 3.63) is 89.4 Å². The molecule has 4 rings (SSSR count). The molecule has 2 aromatic heterocycles. The van der Waals surface area contributed by atoms with Crippen molar-refractivity contribution in [3.63, 3.8) is 0 Å². The van der Waals surface area contributed by atoms with Crippen molar-refractivity contribution in [2.24, 2.45) is 0 Å². The number of aromatic amines is 1. The van der Waals surface area contributed by atoms with Gasteiger partial charge in [-0.2, -0.15) is 0 Å². The van der Waals surface area contributed by atoms with Gasteiger partial charge in [0.25, 0.3) is 0 Å². The highest BCUT2D eigenvalue weighted by Crippen LogP contribution is 2.24. The number of hydrogen-bond acceptors (Lipinski definition) is 3. The Hall–Kier alpha value is -3.38. The van der Waals surface area contributed by atoms with Gasteiger partial charge in [-0.1, -0.05) is 11.6 Å². The predicted octanol–water partition coefficient (Wildman–Crippen LogP) is 6.02. The second-order valence-corrected chi connectivity index (χ2v) is 8.58. The summed E-state index contributed by atoms with van der Waals surface area (Å²) >= 11 is 5.85. The van der Waals surface area contributed by atoms with E-state index < -0.39 is 0 Å². The fourth-order valence-corrected chi connectivity index (χ4v) is 4.30. The van der Waals surface area contributed by atoms with Crippen molar-refractivity contribution in [2.45, 2.75) is 33.7 Å². The molecule has 0 saturated carbocycles. The Bertz CT molecular complexity index is 1220. The van der Waals surface area contributed by atoms with Crippen LogP contribution in [0, 0.1) is 13.8 Å². The third kappa shape index (κ3) is 5.71. The number of thiocarbonyl (C=S) groups is 1. The summed E-state index contributed by atoms with van der Waals surface area (Å²) in [5, 5.41) is 5.39. The van der Waals surface area contributed by atoms with Gasteiger partial charge in [-0.3, -0.25) is 4.98 Å². The highest BCUT2D eigenvalue weighted by Gasteiger charge is 2.15. The molecule has 6 heteroatoms. The lowest BCUT2D eigenvalue weighted by molar-refractivity contribution is 0.340. The first-order chi connectivity index (χ1) is 16.0. The van der Waals surface area contributed by atoms with Crippen molar-refractivity contribution in [1.82, 2.24) is 14.9 Å². The van der Waals surface area contributed by atoms with E-state index in [9.17, 15) is 0 Å². The van der Waals surface area contributed by atoms with E-state index >= 15 is 0 Å². The lowest BCUT2D eigenvalue weighted by Crippen LogP contribution is -2.36. The van der Waals surface area contributed by atoms with E-state index in [4.69, 9.17) is 17.0 Å². The van der Waals surface area contributed by atoms with Gasteiger partial charge in [-0.15, -0.1) is 0 Å². The largest absolute Gasteiger partial charge is 0.494 e. The van der Waals surface area contributed by atoms with E-state index in [1.807, 2.05) is 55.7 Å². The van der Waals surface area contributed by atoms with E-state index in [0.29, 0.717) is 18.3 Å². The summed E-state index contributed by atoms with van der Waals surface area (Å²) in [4.78, 5) is 9.89. The van der Waals surface area contributed by atoms with Crippen molar-refractivity contribution in [1.29, 1.82) is 0 Å². The molecular weight excluding hydrogens is 428 g/mol. The predicted molar refractivity (Wildman–Crippen MR) is 140 cm³/mol. The number of fused-ring (bicyclic) bond motifs is 1. The number of H-pyrrole nitrogens is 1. The molecule has 0 fully saturated rings. The Morgan fingerprint density at radius 1 is 1.06 bits per heavy atom. The highest BCUT2D eigenvalue weighted by molar-refractivity contribution is 7.80. The zero-order chi connectivity index (χ0) is 23.2. The number of benzene rings is 2. The summed E-state index contributed by atoms with van der Waals surface area (Å²) in [5.41, 5.74) is 7.13. The number of hydrogen-bond donors (Lipinski definition) is 2. The van der Waals surface area contributed by atoms with Crippen LogP contribution < -0.4 is 10.1 Å². The van der Waals surface area contributed by atoms with Gasteiger partial charge >= 0.3 is 0 Å². The zero-order valence-corrected chi connectivity index (χ0v) is 20.2. The van der Waals surface area contributed by atoms with Crippen LogP contribution in [-0.2, 0) is 13.0 Å². The van der Waals surface area contributed by atoms with Crippen molar-refractivity contribution in [3.8, 4) is 5.75 Å². The van der Waals surface area contributed by atoms with E-state index in [2.05, 4.69) is 52.2 Å². The number of rotatable bonds is 8. The normalized spacial score (nSPS) is 10.9. The molecule has 0 saturated heterocycles. The minimum absolute atomic E-state index is 0.650. The SMILES string of the molecule is CCOc1ccc(NC(=S)N(CCc2c(C)[nH]c3ccc(C)cc23)Cc2ccncc2)cc1. The molecule has 0 bridgehead atoms. The summed E-state index contributed by atoms with van der Waals surface area (Å²) in [6.07, 6.45) is 4.54. The van der Waals surface area contributed by atoms with E-state index in [-0.39, 0.29) is 0 Å². The number of pyridine rings is 1. The van der Waals surface area contributed by atoms with Gasteiger partial charge in [0.1, 0.15) is 5.75 Å². The molecule has 0 spiro atoms. The minimum atomic E-state index is 0.650. The van der Waals surface area contributed by atoms with Gasteiger partial charge < -0.3 is 19.9 Å². The molecule has 170 valence electrons. The van der Waals surface area contributed by atoms with Gasteiger partial charge in [0.15, 0.2) is 5.11 Å². The van der Waals surface area contributed by atoms with Gasteiger partial charge in [0.05, 0.1) is 6.61 Å². The summed E-state index contributed by atoms with van der Waals surface area (Å²) in [7, 11) is 0. The third-order valence-electron chi connectivity index (χ3n) is 5.73. The molecule has 4 aromatic rings. The van der Waals surface area contributed by atoms with Crippen LogP contribution in [-0.4, -0.2) is 33.1 Å². The Morgan fingerprint density at radius 2 is 1.82 bits per heavy atom. The number of nitrogens with one attached hydrogen (secondary N) is 2. The fraction of sp³-hybridized carbons (Fsp3) is 0.259. The zero-order valence-electron chi connectivity index (χ0n) is 19.4. The van der Waals surface area contributed by atoms with Crippen LogP contribution in [0.25, 0.3) is 10.9 Å². The molecule has 0 atom stereocenters. The summed E-state index contributed by atoms with van der Waals surface area (Å²) in [6.45, 7) is 8.43. The van der Waals surface area contributed by atoms with Crippen LogP contribution in [0.3, 0.4) is 0 Å². The molecular formula is C27H30N4OS. The molecule has 0 aliphatic heterocycles. The second kappa shape index (κ2) is 10.5. The summed E-state index contributed by atoms with van der Waals surface area (Å²) < 4.78 is 5.55. The Kier molecular flexibility index (Phi) is 7.25. The lowest BCUT2D eigenvalue weighted by atomic mass is 10.1. The Labute approximate surface area is 200 Å². The molecule has 33 heavy (non-hydrogen) atoms. The molecule has 0 amide bonds. The van der Waals surface area contributed by atoms with Crippen LogP contribution >= 0.6 is 12.2 Å². The van der Waals surface area contributed by atoms with Gasteiger partial charge in [0, 0.05) is 47.8 Å². The van der Waals surface area contributed by atoms with Crippen LogP contribution in [0.2, 0.25) is 0 Å². The van der Waals surface area contributed by atoms with E-state index in [1.165, 1.54) is 33.3 Å². The van der Waals surface area contributed by atoms with Crippen LogP contribution in [0.4, 0.5) is 5.69 Å². The van der Waals surface area contributed by atoms with Crippen LogP contribution in [0.15, 0.2) is 67.0 Å². The molecule has 0 unspecified atom stereocenters. The number of aromatic nitrogens is 2. The van der Waals surface area contributed by atoms with Gasteiger partial charge in [0.2, 0.25) is 0 Å². The molecule has 2 aromatic carbocycles. The maximum Gasteiger partial charge on any atom is 0.173 e.